The predicted molar refractivity (Wildman–Crippen MR) is 82.1 cm³/mol. The van der Waals surface area contributed by atoms with Crippen LogP contribution in [-0.2, 0) is 10.0 Å². The summed E-state index contributed by atoms with van der Waals surface area (Å²) in [6.07, 6.45) is 0.746. The van der Waals surface area contributed by atoms with Crippen LogP contribution in [0.5, 0.6) is 0 Å². The highest BCUT2D eigenvalue weighted by atomic mass is 35.5. The molecular weight excluding hydrogens is 304 g/mol. The van der Waals surface area contributed by atoms with Crippen molar-refractivity contribution in [3.63, 3.8) is 0 Å². The molecule has 0 saturated heterocycles. The number of nitrogens with two attached hydrogens (primary N) is 1. The normalized spacial score (nSPS) is 11.8. The number of sulfonamides is 1. The Hall–Kier alpha value is -0.690. The minimum absolute atomic E-state index is 0.0875. The molecule has 0 amide bonds. The third-order valence-corrected chi connectivity index (χ3v) is 5.35. The van der Waals surface area contributed by atoms with Crippen molar-refractivity contribution in [2.75, 3.05) is 13.1 Å². The first-order chi connectivity index (χ1) is 8.84. The van der Waals surface area contributed by atoms with Crippen molar-refractivity contribution < 1.29 is 8.42 Å². The summed E-state index contributed by atoms with van der Waals surface area (Å²) in [4.78, 5) is 0.274. The largest absolute Gasteiger partial charge is 0.389 e. The van der Waals surface area contributed by atoms with E-state index >= 15 is 0 Å². The first-order valence-electron chi connectivity index (χ1n) is 5.94. The van der Waals surface area contributed by atoms with Crippen molar-refractivity contribution in [2.45, 2.75) is 25.2 Å². The Morgan fingerprint density at radius 3 is 2.47 bits per heavy atom. The highest BCUT2D eigenvalue weighted by molar-refractivity contribution is 7.89. The van der Waals surface area contributed by atoms with Gasteiger partial charge in [0.1, 0.15) is 9.88 Å². The number of hydrogen-bond donors (Lipinski definition) is 1. The summed E-state index contributed by atoms with van der Waals surface area (Å²) in [7, 11) is -3.57. The molecule has 0 heterocycles. The summed E-state index contributed by atoms with van der Waals surface area (Å²) < 4.78 is 26.3. The molecule has 0 spiro atoms. The summed E-state index contributed by atoms with van der Waals surface area (Å²) in [6.45, 7) is 4.59. The molecule has 0 saturated carbocycles. The van der Waals surface area contributed by atoms with E-state index < -0.39 is 10.0 Å². The molecule has 1 aromatic carbocycles. The topological polar surface area (TPSA) is 63.4 Å². The molecule has 106 valence electrons. The Bertz CT molecular complexity index is 573. The third kappa shape index (κ3) is 3.66. The van der Waals surface area contributed by atoms with Gasteiger partial charge in [0, 0.05) is 18.7 Å². The standard InChI is InChI=1S/C12H17ClN2O2S2/c1-3-7-15(4-2)19(16,17)11-6-5-9(12(14)18)8-10(11)13/h5-6,8H,3-4,7H2,1-2H3,(H2,14,18). The molecule has 0 aliphatic rings. The quantitative estimate of drug-likeness (QED) is 0.817. The lowest BCUT2D eigenvalue weighted by atomic mass is 10.2. The molecule has 7 heteroatoms. The van der Waals surface area contributed by atoms with Crippen LogP contribution < -0.4 is 5.73 Å². The highest BCUT2D eigenvalue weighted by Gasteiger charge is 2.25. The first kappa shape index (κ1) is 16.4. The van der Waals surface area contributed by atoms with Gasteiger partial charge in [-0.3, -0.25) is 0 Å². The highest BCUT2D eigenvalue weighted by Crippen LogP contribution is 2.25. The van der Waals surface area contributed by atoms with Crippen LogP contribution in [0, 0.1) is 0 Å². The molecule has 1 rings (SSSR count). The summed E-state index contributed by atoms with van der Waals surface area (Å²) in [5.74, 6) is 0. The van der Waals surface area contributed by atoms with Crippen molar-refractivity contribution in [2.24, 2.45) is 5.73 Å². The molecule has 1 aromatic rings. The molecule has 0 unspecified atom stereocenters. The molecule has 0 radical (unpaired) electrons. The van der Waals surface area contributed by atoms with Gasteiger partial charge in [-0.15, -0.1) is 0 Å². The second-order valence-corrected chi connectivity index (χ2v) is 6.76. The molecule has 0 atom stereocenters. The fraction of sp³-hybridized carbons (Fsp3) is 0.417. The Morgan fingerprint density at radius 1 is 1.42 bits per heavy atom. The van der Waals surface area contributed by atoms with Crippen molar-refractivity contribution >= 4 is 38.8 Å². The molecule has 19 heavy (non-hydrogen) atoms. The maximum atomic E-state index is 12.4. The van der Waals surface area contributed by atoms with Crippen LogP contribution in [0.3, 0.4) is 0 Å². The van der Waals surface area contributed by atoms with E-state index in [-0.39, 0.29) is 14.9 Å². The lowest BCUT2D eigenvalue weighted by molar-refractivity contribution is 0.427. The smallest absolute Gasteiger partial charge is 0.244 e. The molecule has 0 aromatic heterocycles. The van der Waals surface area contributed by atoms with E-state index in [1.165, 1.54) is 16.4 Å². The van der Waals surface area contributed by atoms with Crippen LogP contribution in [-0.4, -0.2) is 30.8 Å². The van der Waals surface area contributed by atoms with Crippen LogP contribution in [0.25, 0.3) is 0 Å². The van der Waals surface area contributed by atoms with E-state index in [9.17, 15) is 8.42 Å². The third-order valence-electron chi connectivity index (χ3n) is 2.66. The minimum Gasteiger partial charge on any atom is -0.389 e. The van der Waals surface area contributed by atoms with E-state index in [2.05, 4.69) is 0 Å². The van der Waals surface area contributed by atoms with E-state index in [4.69, 9.17) is 29.6 Å². The van der Waals surface area contributed by atoms with Gasteiger partial charge in [0.2, 0.25) is 10.0 Å². The van der Waals surface area contributed by atoms with Gasteiger partial charge in [-0.2, -0.15) is 4.31 Å². The van der Waals surface area contributed by atoms with Crippen molar-refractivity contribution in [1.82, 2.24) is 4.31 Å². The predicted octanol–water partition coefficient (Wildman–Crippen LogP) is 2.39. The summed E-state index contributed by atoms with van der Waals surface area (Å²) in [5.41, 5.74) is 6.04. The molecular formula is C12H17ClN2O2S2. The monoisotopic (exact) mass is 320 g/mol. The number of thiocarbonyl (C=S) groups is 1. The summed E-state index contributed by atoms with van der Waals surface area (Å²) in [5, 5.41) is 0.139. The van der Waals surface area contributed by atoms with Gasteiger partial charge in [0.15, 0.2) is 0 Å². The molecule has 0 fully saturated rings. The SMILES string of the molecule is CCCN(CC)S(=O)(=O)c1ccc(C(N)=S)cc1Cl. The zero-order chi connectivity index (χ0) is 14.6. The number of benzene rings is 1. The zero-order valence-electron chi connectivity index (χ0n) is 10.9. The Balaban J connectivity index is 3.25. The average Bonchev–Trinajstić information content (AvgIpc) is 2.35. The van der Waals surface area contributed by atoms with Gasteiger partial charge in [-0.25, -0.2) is 8.42 Å². The van der Waals surface area contributed by atoms with Crippen LogP contribution in [0.1, 0.15) is 25.8 Å². The van der Waals surface area contributed by atoms with Gasteiger partial charge in [-0.05, 0) is 18.6 Å². The average molecular weight is 321 g/mol. The number of rotatable bonds is 6. The number of nitrogens with zero attached hydrogens (tertiary/aromatic N) is 1. The fourth-order valence-corrected chi connectivity index (χ4v) is 3.89. The van der Waals surface area contributed by atoms with E-state index in [1.54, 1.807) is 13.0 Å². The fourth-order valence-electron chi connectivity index (χ4n) is 1.70. The van der Waals surface area contributed by atoms with Gasteiger partial charge in [-0.1, -0.05) is 43.7 Å². The van der Waals surface area contributed by atoms with Crippen LogP contribution in [0.2, 0.25) is 5.02 Å². The Labute approximate surface area is 124 Å². The second-order valence-electron chi connectivity index (χ2n) is 4.01. The number of halogens is 1. The molecule has 2 N–H and O–H groups in total. The molecule has 0 aliphatic heterocycles. The molecule has 0 bridgehead atoms. The maximum absolute atomic E-state index is 12.4. The molecule has 0 aliphatic carbocycles. The number of hydrogen-bond acceptors (Lipinski definition) is 3. The zero-order valence-corrected chi connectivity index (χ0v) is 13.3. The van der Waals surface area contributed by atoms with E-state index in [0.717, 1.165) is 6.42 Å². The van der Waals surface area contributed by atoms with Crippen molar-refractivity contribution in [3.8, 4) is 0 Å². The Morgan fingerprint density at radius 2 is 2.05 bits per heavy atom. The van der Waals surface area contributed by atoms with Crippen LogP contribution in [0.15, 0.2) is 23.1 Å². The minimum atomic E-state index is -3.57. The first-order valence-corrected chi connectivity index (χ1v) is 8.16. The van der Waals surface area contributed by atoms with Crippen molar-refractivity contribution in [3.05, 3.63) is 28.8 Å². The van der Waals surface area contributed by atoms with Gasteiger partial charge >= 0.3 is 0 Å². The van der Waals surface area contributed by atoms with Crippen molar-refractivity contribution in [1.29, 1.82) is 0 Å². The lowest BCUT2D eigenvalue weighted by Crippen LogP contribution is -2.31. The lowest BCUT2D eigenvalue weighted by Gasteiger charge is -2.20. The van der Waals surface area contributed by atoms with E-state index in [1.807, 2.05) is 6.92 Å². The van der Waals surface area contributed by atoms with Gasteiger partial charge < -0.3 is 5.73 Å². The second kappa shape index (κ2) is 6.65. The molecule has 4 nitrogen and oxygen atoms in total. The Kier molecular flexibility index (Phi) is 5.73. The van der Waals surface area contributed by atoms with Crippen LogP contribution >= 0.6 is 23.8 Å². The van der Waals surface area contributed by atoms with Gasteiger partial charge in [0.25, 0.3) is 0 Å². The van der Waals surface area contributed by atoms with Gasteiger partial charge in [0.05, 0.1) is 5.02 Å². The van der Waals surface area contributed by atoms with Crippen LogP contribution in [0.4, 0.5) is 0 Å². The summed E-state index contributed by atoms with van der Waals surface area (Å²) >= 11 is 10.9. The maximum Gasteiger partial charge on any atom is 0.244 e. The van der Waals surface area contributed by atoms with E-state index in [0.29, 0.717) is 18.7 Å². The summed E-state index contributed by atoms with van der Waals surface area (Å²) in [6, 6.07) is 4.50.